The SMILES string of the molecule is CCC(C)NC(=O)C1CCN(S(=O)(=O)c2ccc(Cl)cc2)CC1. The summed E-state index contributed by atoms with van der Waals surface area (Å²) in [4.78, 5) is 12.4. The van der Waals surface area contributed by atoms with Gasteiger partial charge >= 0.3 is 0 Å². The van der Waals surface area contributed by atoms with Gasteiger partial charge in [0.1, 0.15) is 0 Å². The lowest BCUT2D eigenvalue weighted by Gasteiger charge is -2.31. The van der Waals surface area contributed by atoms with Crippen LogP contribution in [-0.4, -0.2) is 37.8 Å². The van der Waals surface area contributed by atoms with E-state index in [9.17, 15) is 13.2 Å². The van der Waals surface area contributed by atoms with Crippen molar-refractivity contribution in [3.05, 3.63) is 29.3 Å². The maximum atomic E-state index is 12.6. The van der Waals surface area contributed by atoms with Crippen LogP contribution in [0.5, 0.6) is 0 Å². The number of amides is 1. The zero-order chi connectivity index (χ0) is 17.0. The molecule has 1 atom stereocenters. The number of hydrogen-bond donors (Lipinski definition) is 1. The van der Waals surface area contributed by atoms with Crippen molar-refractivity contribution in [2.24, 2.45) is 5.92 Å². The molecule has 1 heterocycles. The van der Waals surface area contributed by atoms with E-state index in [2.05, 4.69) is 5.32 Å². The van der Waals surface area contributed by atoms with E-state index in [1.165, 1.54) is 16.4 Å². The van der Waals surface area contributed by atoms with Gasteiger partial charge in [-0.1, -0.05) is 18.5 Å². The number of benzene rings is 1. The molecule has 0 aliphatic carbocycles. The predicted molar refractivity (Wildman–Crippen MR) is 90.8 cm³/mol. The quantitative estimate of drug-likeness (QED) is 0.879. The molecule has 7 heteroatoms. The van der Waals surface area contributed by atoms with Crippen LogP contribution < -0.4 is 5.32 Å². The molecule has 1 amide bonds. The first kappa shape index (κ1) is 18.2. The first-order valence-corrected chi connectivity index (χ1v) is 9.72. The van der Waals surface area contributed by atoms with Gasteiger partial charge in [0.25, 0.3) is 0 Å². The number of nitrogens with zero attached hydrogens (tertiary/aromatic N) is 1. The van der Waals surface area contributed by atoms with Gasteiger partial charge in [0.15, 0.2) is 0 Å². The van der Waals surface area contributed by atoms with E-state index < -0.39 is 10.0 Å². The maximum Gasteiger partial charge on any atom is 0.243 e. The molecule has 1 fully saturated rings. The minimum Gasteiger partial charge on any atom is -0.353 e. The number of rotatable bonds is 5. The lowest BCUT2D eigenvalue weighted by Crippen LogP contribution is -2.44. The third-order valence-corrected chi connectivity index (χ3v) is 6.44. The summed E-state index contributed by atoms with van der Waals surface area (Å²) in [5, 5.41) is 3.47. The minimum atomic E-state index is -3.51. The van der Waals surface area contributed by atoms with E-state index in [0.717, 1.165) is 6.42 Å². The second-order valence-corrected chi connectivity index (χ2v) is 8.32. The molecule has 128 valence electrons. The highest BCUT2D eigenvalue weighted by atomic mass is 35.5. The van der Waals surface area contributed by atoms with Crippen molar-refractivity contribution < 1.29 is 13.2 Å². The fourth-order valence-electron chi connectivity index (χ4n) is 2.58. The standard InChI is InChI=1S/C16H23ClN2O3S/c1-3-12(2)18-16(20)13-8-10-19(11-9-13)23(21,22)15-6-4-14(17)5-7-15/h4-7,12-13H,3,8-11H2,1-2H3,(H,18,20). The van der Waals surface area contributed by atoms with Gasteiger partial charge in [0.2, 0.25) is 15.9 Å². The largest absolute Gasteiger partial charge is 0.353 e. The molecule has 1 unspecified atom stereocenters. The Morgan fingerprint density at radius 1 is 1.30 bits per heavy atom. The zero-order valence-corrected chi connectivity index (χ0v) is 15.0. The van der Waals surface area contributed by atoms with Crippen LogP contribution in [0.1, 0.15) is 33.1 Å². The van der Waals surface area contributed by atoms with Crippen LogP contribution >= 0.6 is 11.6 Å². The Balaban J connectivity index is 1.98. The van der Waals surface area contributed by atoms with Gasteiger partial charge in [-0.15, -0.1) is 0 Å². The summed E-state index contributed by atoms with van der Waals surface area (Å²) in [6.45, 7) is 4.72. The molecule has 2 rings (SSSR count). The number of hydrogen-bond acceptors (Lipinski definition) is 3. The van der Waals surface area contributed by atoms with E-state index in [-0.39, 0.29) is 22.8 Å². The Hall–Kier alpha value is -1.11. The van der Waals surface area contributed by atoms with Crippen molar-refractivity contribution >= 4 is 27.5 Å². The molecule has 0 saturated carbocycles. The van der Waals surface area contributed by atoms with Crippen LogP contribution in [0.2, 0.25) is 5.02 Å². The molecule has 1 aromatic carbocycles. The molecule has 23 heavy (non-hydrogen) atoms. The molecule has 0 bridgehead atoms. The van der Waals surface area contributed by atoms with Crippen molar-refractivity contribution in [1.82, 2.24) is 9.62 Å². The molecule has 1 aliphatic heterocycles. The topological polar surface area (TPSA) is 66.5 Å². The first-order valence-electron chi connectivity index (χ1n) is 7.90. The van der Waals surface area contributed by atoms with E-state index in [1.807, 2.05) is 13.8 Å². The van der Waals surface area contributed by atoms with Crippen LogP contribution in [-0.2, 0) is 14.8 Å². The molecule has 1 aromatic rings. The molecule has 0 spiro atoms. The normalized spacial score (nSPS) is 18.6. The number of piperidine rings is 1. The van der Waals surface area contributed by atoms with Gasteiger partial charge < -0.3 is 5.32 Å². The smallest absolute Gasteiger partial charge is 0.243 e. The average Bonchev–Trinajstić information content (AvgIpc) is 2.55. The predicted octanol–water partition coefficient (Wildman–Crippen LogP) is 2.66. The second-order valence-electron chi connectivity index (χ2n) is 5.95. The summed E-state index contributed by atoms with van der Waals surface area (Å²) in [6, 6.07) is 6.32. The van der Waals surface area contributed by atoms with Gasteiger partial charge in [0, 0.05) is 30.1 Å². The fraction of sp³-hybridized carbons (Fsp3) is 0.562. The van der Waals surface area contributed by atoms with Crippen LogP contribution in [0.25, 0.3) is 0 Å². The van der Waals surface area contributed by atoms with Crippen molar-refractivity contribution in [1.29, 1.82) is 0 Å². The Kier molecular flexibility index (Phi) is 6.06. The molecule has 1 aliphatic rings. The maximum absolute atomic E-state index is 12.6. The molecular formula is C16H23ClN2O3S. The van der Waals surface area contributed by atoms with E-state index in [1.54, 1.807) is 12.1 Å². The Bertz CT molecular complexity index is 638. The number of carbonyl (C=O) groups excluding carboxylic acids is 1. The Morgan fingerprint density at radius 3 is 2.39 bits per heavy atom. The summed E-state index contributed by atoms with van der Waals surface area (Å²) >= 11 is 5.80. The van der Waals surface area contributed by atoms with Crippen molar-refractivity contribution in [2.75, 3.05) is 13.1 Å². The summed E-state index contributed by atoms with van der Waals surface area (Å²) in [5.74, 6) is -0.0800. The average molecular weight is 359 g/mol. The highest BCUT2D eigenvalue weighted by molar-refractivity contribution is 7.89. The van der Waals surface area contributed by atoms with Crippen LogP contribution in [0.4, 0.5) is 0 Å². The molecule has 1 N–H and O–H groups in total. The highest BCUT2D eigenvalue weighted by Crippen LogP contribution is 2.25. The minimum absolute atomic E-state index is 0.0305. The number of halogens is 1. The summed E-state index contributed by atoms with van der Waals surface area (Å²) in [7, 11) is -3.51. The Labute approximate surface area is 143 Å². The molecule has 1 saturated heterocycles. The highest BCUT2D eigenvalue weighted by Gasteiger charge is 2.32. The van der Waals surface area contributed by atoms with Gasteiger partial charge in [-0.2, -0.15) is 4.31 Å². The monoisotopic (exact) mass is 358 g/mol. The van der Waals surface area contributed by atoms with Gasteiger partial charge in [-0.3, -0.25) is 4.79 Å². The van der Waals surface area contributed by atoms with Gasteiger partial charge in [0.05, 0.1) is 4.90 Å². The molecule has 0 aromatic heterocycles. The summed E-state index contributed by atoms with van der Waals surface area (Å²) in [6.07, 6.45) is 1.99. The first-order chi connectivity index (χ1) is 10.8. The van der Waals surface area contributed by atoms with E-state index in [0.29, 0.717) is 31.0 Å². The zero-order valence-electron chi connectivity index (χ0n) is 13.5. The van der Waals surface area contributed by atoms with Gasteiger partial charge in [-0.25, -0.2) is 8.42 Å². The van der Waals surface area contributed by atoms with E-state index in [4.69, 9.17) is 11.6 Å². The van der Waals surface area contributed by atoms with Crippen molar-refractivity contribution in [3.63, 3.8) is 0 Å². The molecular weight excluding hydrogens is 336 g/mol. The van der Waals surface area contributed by atoms with Crippen LogP contribution in [0.3, 0.4) is 0 Å². The van der Waals surface area contributed by atoms with Crippen molar-refractivity contribution in [3.8, 4) is 0 Å². The number of carbonyl (C=O) groups is 1. The van der Waals surface area contributed by atoms with Crippen molar-refractivity contribution in [2.45, 2.75) is 44.0 Å². The van der Waals surface area contributed by atoms with Crippen LogP contribution in [0, 0.1) is 5.92 Å². The lowest BCUT2D eigenvalue weighted by atomic mass is 9.97. The molecule has 0 radical (unpaired) electrons. The number of nitrogens with one attached hydrogen (secondary N) is 1. The second kappa shape index (κ2) is 7.64. The fourth-order valence-corrected chi connectivity index (χ4v) is 4.17. The summed E-state index contributed by atoms with van der Waals surface area (Å²) in [5.41, 5.74) is 0. The molecule has 5 nitrogen and oxygen atoms in total. The third kappa shape index (κ3) is 4.46. The lowest BCUT2D eigenvalue weighted by molar-refractivity contribution is -0.126. The Morgan fingerprint density at radius 2 is 1.87 bits per heavy atom. The summed E-state index contributed by atoms with van der Waals surface area (Å²) < 4.78 is 26.6. The van der Waals surface area contributed by atoms with E-state index >= 15 is 0 Å². The third-order valence-electron chi connectivity index (χ3n) is 4.28. The van der Waals surface area contributed by atoms with Gasteiger partial charge in [-0.05, 0) is 50.5 Å². The number of sulfonamides is 1. The van der Waals surface area contributed by atoms with Crippen LogP contribution in [0.15, 0.2) is 29.2 Å².